The maximum atomic E-state index is 3.62. The molecule has 0 aliphatic rings. The van der Waals surface area contributed by atoms with Gasteiger partial charge in [0.1, 0.15) is 0 Å². The minimum Gasteiger partial charge on any atom is -0.310 e. The van der Waals surface area contributed by atoms with Gasteiger partial charge in [0, 0.05) is 6.04 Å². The lowest BCUT2D eigenvalue weighted by Gasteiger charge is -2.20. The van der Waals surface area contributed by atoms with Crippen molar-refractivity contribution < 1.29 is 0 Å². The Hall–Kier alpha value is -0.820. The quantitative estimate of drug-likeness (QED) is 0.787. The van der Waals surface area contributed by atoms with Crippen LogP contribution in [0.5, 0.6) is 0 Å². The molecule has 0 heterocycles. The van der Waals surface area contributed by atoms with Crippen molar-refractivity contribution in [3.63, 3.8) is 0 Å². The van der Waals surface area contributed by atoms with Crippen molar-refractivity contribution >= 4 is 0 Å². The molecule has 1 heteroatoms. The Morgan fingerprint density at radius 3 is 2.19 bits per heavy atom. The highest BCUT2D eigenvalue weighted by molar-refractivity contribution is 5.38. The monoisotopic (exact) mass is 219 g/mol. The minimum absolute atomic E-state index is 0.513. The molecule has 0 radical (unpaired) electrons. The van der Waals surface area contributed by atoms with E-state index in [4.69, 9.17) is 0 Å². The number of nitrogens with one attached hydrogen (secondary N) is 1. The van der Waals surface area contributed by atoms with Crippen molar-refractivity contribution in [1.82, 2.24) is 5.32 Å². The second-order valence-electron chi connectivity index (χ2n) is 4.71. The van der Waals surface area contributed by atoms with E-state index in [1.165, 1.54) is 28.7 Å². The molecule has 0 aliphatic carbocycles. The van der Waals surface area contributed by atoms with Gasteiger partial charge in [0.05, 0.1) is 0 Å². The van der Waals surface area contributed by atoms with Crippen LogP contribution in [-0.4, -0.2) is 6.54 Å². The molecule has 1 N–H and O–H groups in total. The summed E-state index contributed by atoms with van der Waals surface area (Å²) < 4.78 is 0. The third kappa shape index (κ3) is 3.08. The molecule has 16 heavy (non-hydrogen) atoms. The first-order chi connectivity index (χ1) is 7.60. The lowest BCUT2D eigenvalue weighted by Crippen LogP contribution is -2.22. The van der Waals surface area contributed by atoms with Gasteiger partial charge in [-0.25, -0.2) is 0 Å². The van der Waals surface area contributed by atoms with Gasteiger partial charge < -0.3 is 5.32 Å². The van der Waals surface area contributed by atoms with Crippen LogP contribution in [0, 0.1) is 20.8 Å². The first-order valence-corrected chi connectivity index (χ1v) is 6.41. The Labute approximate surface area is 100 Å². The Balaban J connectivity index is 2.95. The molecular weight excluding hydrogens is 194 g/mol. The second kappa shape index (κ2) is 6.05. The fraction of sp³-hybridized carbons (Fsp3) is 0.600. The summed E-state index contributed by atoms with van der Waals surface area (Å²) in [7, 11) is 0. The molecule has 0 saturated carbocycles. The van der Waals surface area contributed by atoms with Crippen molar-refractivity contribution in [2.45, 2.75) is 53.5 Å². The zero-order valence-electron chi connectivity index (χ0n) is 11.4. The van der Waals surface area contributed by atoms with Crippen LogP contribution in [0.3, 0.4) is 0 Å². The molecular formula is C15H25N. The molecule has 0 aromatic heterocycles. The molecule has 0 bridgehead atoms. The predicted molar refractivity (Wildman–Crippen MR) is 72.0 cm³/mol. The molecule has 1 unspecified atom stereocenters. The van der Waals surface area contributed by atoms with Crippen molar-refractivity contribution in [1.29, 1.82) is 0 Å². The van der Waals surface area contributed by atoms with Gasteiger partial charge in [0.25, 0.3) is 0 Å². The Kier molecular flexibility index (Phi) is 5.01. The largest absolute Gasteiger partial charge is 0.310 e. The zero-order chi connectivity index (χ0) is 12.1. The molecule has 0 saturated heterocycles. The van der Waals surface area contributed by atoms with E-state index in [-0.39, 0.29) is 0 Å². The normalized spacial score (nSPS) is 12.8. The van der Waals surface area contributed by atoms with Crippen LogP contribution in [-0.2, 0) is 0 Å². The number of hydrogen-bond donors (Lipinski definition) is 1. The van der Waals surface area contributed by atoms with E-state index in [1.807, 2.05) is 0 Å². The van der Waals surface area contributed by atoms with E-state index in [0.29, 0.717) is 6.04 Å². The third-order valence-corrected chi connectivity index (χ3v) is 3.31. The number of rotatable bonds is 5. The Bertz CT molecular complexity index is 342. The van der Waals surface area contributed by atoms with Crippen molar-refractivity contribution in [3.05, 3.63) is 34.4 Å². The van der Waals surface area contributed by atoms with Crippen molar-refractivity contribution in [2.75, 3.05) is 6.54 Å². The van der Waals surface area contributed by atoms with Gasteiger partial charge in [-0.05, 0) is 62.4 Å². The topological polar surface area (TPSA) is 12.0 Å². The van der Waals surface area contributed by atoms with Gasteiger partial charge in [-0.15, -0.1) is 0 Å². The van der Waals surface area contributed by atoms with Crippen LogP contribution in [0.4, 0.5) is 0 Å². The first kappa shape index (κ1) is 13.2. The number of hydrogen-bond acceptors (Lipinski definition) is 1. The lowest BCUT2D eigenvalue weighted by molar-refractivity contribution is 0.516. The standard InChI is InChI=1S/C15H25N/c1-6-8-16-15(7-2)14-10-12(4)11(3)9-13(14)5/h9-10,15-16H,6-8H2,1-5H3. The summed E-state index contributed by atoms with van der Waals surface area (Å²) in [6.45, 7) is 12.2. The van der Waals surface area contributed by atoms with Gasteiger partial charge in [0.15, 0.2) is 0 Å². The van der Waals surface area contributed by atoms with Crippen LogP contribution < -0.4 is 5.32 Å². The number of aryl methyl sites for hydroxylation is 3. The SMILES string of the molecule is CCCNC(CC)c1cc(C)c(C)cc1C. The average Bonchev–Trinajstić information content (AvgIpc) is 2.26. The summed E-state index contributed by atoms with van der Waals surface area (Å²) in [5.41, 5.74) is 5.68. The van der Waals surface area contributed by atoms with E-state index in [1.54, 1.807) is 0 Å². The minimum atomic E-state index is 0.513. The first-order valence-electron chi connectivity index (χ1n) is 6.41. The fourth-order valence-corrected chi connectivity index (χ4v) is 2.15. The van der Waals surface area contributed by atoms with Crippen LogP contribution in [0.25, 0.3) is 0 Å². The van der Waals surface area contributed by atoms with Crippen LogP contribution >= 0.6 is 0 Å². The lowest BCUT2D eigenvalue weighted by atomic mass is 9.94. The van der Waals surface area contributed by atoms with Crippen molar-refractivity contribution in [3.8, 4) is 0 Å². The van der Waals surface area contributed by atoms with Crippen LogP contribution in [0.2, 0.25) is 0 Å². The van der Waals surface area contributed by atoms with Gasteiger partial charge in [0.2, 0.25) is 0 Å². The molecule has 90 valence electrons. The molecule has 1 atom stereocenters. The molecule has 1 aromatic carbocycles. The summed E-state index contributed by atoms with van der Waals surface area (Å²) in [5.74, 6) is 0. The molecule has 1 rings (SSSR count). The molecule has 1 nitrogen and oxygen atoms in total. The van der Waals surface area contributed by atoms with E-state index in [9.17, 15) is 0 Å². The van der Waals surface area contributed by atoms with Gasteiger partial charge >= 0.3 is 0 Å². The Morgan fingerprint density at radius 1 is 1.00 bits per heavy atom. The molecule has 0 fully saturated rings. The Morgan fingerprint density at radius 2 is 1.62 bits per heavy atom. The summed E-state index contributed by atoms with van der Waals surface area (Å²) in [5, 5.41) is 3.62. The van der Waals surface area contributed by atoms with E-state index in [2.05, 4.69) is 52.1 Å². The average molecular weight is 219 g/mol. The predicted octanol–water partition coefficient (Wildman–Crippen LogP) is 4.06. The maximum absolute atomic E-state index is 3.62. The van der Waals surface area contributed by atoms with Crippen LogP contribution in [0.1, 0.15) is 55.0 Å². The van der Waals surface area contributed by atoms with E-state index >= 15 is 0 Å². The smallest absolute Gasteiger partial charge is 0.0320 e. The highest BCUT2D eigenvalue weighted by Gasteiger charge is 2.11. The highest BCUT2D eigenvalue weighted by Crippen LogP contribution is 2.23. The molecule has 1 aromatic rings. The van der Waals surface area contributed by atoms with Crippen molar-refractivity contribution in [2.24, 2.45) is 0 Å². The molecule has 0 spiro atoms. The summed E-state index contributed by atoms with van der Waals surface area (Å²) in [6, 6.07) is 5.17. The van der Waals surface area contributed by atoms with Gasteiger partial charge in [-0.2, -0.15) is 0 Å². The molecule has 0 aliphatic heterocycles. The van der Waals surface area contributed by atoms with E-state index < -0.39 is 0 Å². The van der Waals surface area contributed by atoms with E-state index in [0.717, 1.165) is 13.0 Å². The van der Waals surface area contributed by atoms with Gasteiger partial charge in [-0.3, -0.25) is 0 Å². The summed E-state index contributed by atoms with van der Waals surface area (Å²) >= 11 is 0. The van der Waals surface area contributed by atoms with Crippen LogP contribution in [0.15, 0.2) is 12.1 Å². The fourth-order valence-electron chi connectivity index (χ4n) is 2.15. The summed E-state index contributed by atoms with van der Waals surface area (Å²) in [6.07, 6.45) is 2.35. The summed E-state index contributed by atoms with van der Waals surface area (Å²) in [4.78, 5) is 0. The second-order valence-corrected chi connectivity index (χ2v) is 4.71. The molecule has 0 amide bonds. The van der Waals surface area contributed by atoms with Gasteiger partial charge in [-0.1, -0.05) is 26.0 Å². The maximum Gasteiger partial charge on any atom is 0.0320 e. The number of benzene rings is 1. The highest BCUT2D eigenvalue weighted by atomic mass is 14.9. The third-order valence-electron chi connectivity index (χ3n) is 3.31. The zero-order valence-corrected chi connectivity index (χ0v) is 11.4.